The molecule has 6 aliphatic rings. The number of esters is 1. The summed E-state index contributed by atoms with van der Waals surface area (Å²) in [4.78, 5) is 28.7. The fraction of sp³-hybridized carbons (Fsp3) is 0.630. The molecule has 186 valence electrons. The van der Waals surface area contributed by atoms with Crippen molar-refractivity contribution in [3.8, 4) is 11.5 Å². The highest BCUT2D eigenvalue weighted by molar-refractivity contribution is 5.99. The molecular formula is C27H33N2O6+. The van der Waals surface area contributed by atoms with Gasteiger partial charge in [-0.3, -0.25) is 4.79 Å². The Morgan fingerprint density at radius 2 is 2.06 bits per heavy atom. The maximum atomic E-state index is 13.7. The molecule has 0 radical (unpaired) electrons. The standard InChI is InChI=1S/C27H33N2O6/c1-4-34-24(31)14-29-7-6-27-17-10-19(32-2)20(33-3)11-18(17)28-23(30)12-21-25(26(27)28)16(9-22(27)29)15(13-29)5-8-35-21/h5,10-11,16,21-22,25-26H,4,6-9,12-14H2,1-3H3/q+1/t16-,21-,22-,25-,26-,27+,29?/m0/s1. The fourth-order valence-corrected chi connectivity index (χ4v) is 9.03. The molecule has 1 spiro atoms. The van der Waals surface area contributed by atoms with Crippen molar-refractivity contribution in [1.82, 2.24) is 0 Å². The summed E-state index contributed by atoms with van der Waals surface area (Å²) in [7, 11) is 3.30. The van der Waals surface area contributed by atoms with Crippen LogP contribution in [0.15, 0.2) is 23.8 Å². The second-order valence-electron chi connectivity index (χ2n) is 11.1. The van der Waals surface area contributed by atoms with Crippen LogP contribution in [0.4, 0.5) is 5.69 Å². The number of carbonyl (C=O) groups excluding carboxylic acids is 2. The molecule has 0 N–H and O–H groups in total. The van der Waals surface area contributed by atoms with Crippen LogP contribution in [-0.4, -0.2) is 81.6 Å². The first-order valence-electron chi connectivity index (χ1n) is 12.9. The van der Waals surface area contributed by atoms with E-state index in [9.17, 15) is 9.59 Å². The molecule has 3 saturated heterocycles. The lowest BCUT2D eigenvalue weighted by molar-refractivity contribution is -0.936. The summed E-state index contributed by atoms with van der Waals surface area (Å²) in [5.74, 6) is 1.96. The third-order valence-electron chi connectivity index (χ3n) is 10.1. The Kier molecular flexibility index (Phi) is 4.48. The Labute approximate surface area is 205 Å². The number of piperidine rings is 2. The SMILES string of the molecule is CCOC(=O)C[N+]12CC[C@@]34c5cc(OC)c(OC)cc5N5C(=O)C[C@@H]6OCC=C(C1)[C@H](C[C@@H]32)[C@@H]6[C@H]54. The van der Waals surface area contributed by atoms with Gasteiger partial charge in [0.1, 0.15) is 12.6 Å². The predicted octanol–water partition coefficient (Wildman–Crippen LogP) is 2.19. The van der Waals surface area contributed by atoms with Crippen LogP contribution in [0.2, 0.25) is 0 Å². The van der Waals surface area contributed by atoms with E-state index in [2.05, 4.69) is 17.0 Å². The molecule has 1 unspecified atom stereocenters. The Morgan fingerprint density at radius 1 is 1.26 bits per heavy atom. The number of nitrogens with zero attached hydrogens (tertiary/aromatic N) is 2. The number of anilines is 1. The van der Waals surface area contributed by atoms with E-state index >= 15 is 0 Å². The first kappa shape index (κ1) is 21.7. The molecule has 35 heavy (non-hydrogen) atoms. The lowest BCUT2D eigenvalue weighted by Crippen LogP contribution is -2.73. The number of rotatable bonds is 5. The Balaban J connectivity index is 1.47. The van der Waals surface area contributed by atoms with Crippen LogP contribution in [0.5, 0.6) is 11.5 Å². The van der Waals surface area contributed by atoms with E-state index in [0.29, 0.717) is 48.1 Å². The van der Waals surface area contributed by atoms with Gasteiger partial charge in [-0.25, -0.2) is 4.79 Å². The molecule has 7 rings (SSSR count). The number of fused-ring (bicyclic) bond motifs is 2. The third kappa shape index (κ3) is 2.54. The number of hydrogen-bond donors (Lipinski definition) is 0. The highest BCUT2D eigenvalue weighted by atomic mass is 16.5. The Morgan fingerprint density at radius 3 is 2.83 bits per heavy atom. The smallest absolute Gasteiger partial charge is 0.361 e. The first-order valence-corrected chi connectivity index (χ1v) is 12.9. The van der Waals surface area contributed by atoms with Crippen molar-refractivity contribution >= 4 is 17.6 Å². The zero-order chi connectivity index (χ0) is 24.1. The normalized spacial score (nSPS) is 39.5. The van der Waals surface area contributed by atoms with E-state index in [4.69, 9.17) is 18.9 Å². The summed E-state index contributed by atoms with van der Waals surface area (Å²) in [6.07, 6.45) is 4.54. The van der Waals surface area contributed by atoms with Crippen molar-refractivity contribution in [3.05, 3.63) is 29.3 Å². The van der Waals surface area contributed by atoms with E-state index in [-0.39, 0.29) is 41.4 Å². The first-order chi connectivity index (χ1) is 17.0. The maximum absolute atomic E-state index is 13.7. The van der Waals surface area contributed by atoms with Crippen LogP contribution < -0.4 is 14.4 Å². The number of amides is 1. The van der Waals surface area contributed by atoms with Crippen molar-refractivity contribution in [2.24, 2.45) is 11.8 Å². The van der Waals surface area contributed by atoms with Crippen molar-refractivity contribution in [2.45, 2.75) is 49.8 Å². The minimum Gasteiger partial charge on any atom is -0.493 e. The summed E-state index contributed by atoms with van der Waals surface area (Å²) in [5, 5.41) is 0. The molecule has 1 aliphatic carbocycles. The minimum atomic E-state index is -0.240. The lowest BCUT2D eigenvalue weighted by Gasteiger charge is -2.60. The fourth-order valence-electron chi connectivity index (χ4n) is 9.03. The largest absolute Gasteiger partial charge is 0.493 e. The quantitative estimate of drug-likeness (QED) is 0.365. The van der Waals surface area contributed by atoms with Gasteiger partial charge in [0.05, 0.1) is 63.6 Å². The summed E-state index contributed by atoms with van der Waals surface area (Å²) < 4.78 is 23.9. The second-order valence-corrected chi connectivity index (χ2v) is 11.1. The van der Waals surface area contributed by atoms with Gasteiger partial charge >= 0.3 is 5.97 Å². The average molecular weight is 482 g/mol. The molecule has 5 aliphatic heterocycles. The molecule has 1 aromatic rings. The highest BCUT2D eigenvalue weighted by Crippen LogP contribution is 2.68. The number of quaternary nitrogens is 1. The zero-order valence-electron chi connectivity index (χ0n) is 20.6. The molecule has 4 fully saturated rings. The molecule has 1 saturated carbocycles. The molecule has 5 heterocycles. The zero-order valence-corrected chi connectivity index (χ0v) is 20.6. The van der Waals surface area contributed by atoms with E-state index in [1.807, 2.05) is 13.0 Å². The third-order valence-corrected chi connectivity index (χ3v) is 10.1. The van der Waals surface area contributed by atoms with Crippen LogP contribution in [0.1, 0.15) is 31.7 Å². The van der Waals surface area contributed by atoms with Gasteiger partial charge in [-0.1, -0.05) is 6.08 Å². The van der Waals surface area contributed by atoms with Gasteiger partial charge in [0.2, 0.25) is 5.91 Å². The number of methoxy groups -OCH3 is 2. The van der Waals surface area contributed by atoms with Crippen molar-refractivity contribution < 1.29 is 33.0 Å². The Hall–Kier alpha value is -2.58. The van der Waals surface area contributed by atoms with Crippen LogP contribution in [0.25, 0.3) is 0 Å². The van der Waals surface area contributed by atoms with E-state index in [1.165, 1.54) is 11.1 Å². The summed E-state index contributed by atoms with van der Waals surface area (Å²) >= 11 is 0. The molecular weight excluding hydrogens is 448 g/mol. The highest BCUT2D eigenvalue weighted by Gasteiger charge is 2.76. The number of carbonyl (C=O) groups is 2. The van der Waals surface area contributed by atoms with Crippen molar-refractivity contribution in [2.75, 3.05) is 52.0 Å². The lowest BCUT2D eigenvalue weighted by atomic mass is 9.53. The summed E-state index contributed by atoms with van der Waals surface area (Å²) in [5.41, 5.74) is 3.30. The van der Waals surface area contributed by atoms with E-state index in [1.54, 1.807) is 14.2 Å². The topological polar surface area (TPSA) is 74.3 Å². The average Bonchev–Trinajstić information content (AvgIpc) is 3.27. The molecule has 7 atom stereocenters. The van der Waals surface area contributed by atoms with Gasteiger partial charge in [-0.05, 0) is 30.0 Å². The van der Waals surface area contributed by atoms with Crippen LogP contribution >= 0.6 is 0 Å². The number of benzene rings is 1. The molecule has 2 bridgehead atoms. The molecule has 0 aromatic heterocycles. The molecule has 1 aromatic carbocycles. The van der Waals surface area contributed by atoms with E-state index in [0.717, 1.165) is 31.6 Å². The maximum Gasteiger partial charge on any atom is 0.361 e. The van der Waals surface area contributed by atoms with Gasteiger partial charge in [0.15, 0.2) is 18.0 Å². The van der Waals surface area contributed by atoms with Gasteiger partial charge in [-0.2, -0.15) is 0 Å². The summed E-state index contributed by atoms with van der Waals surface area (Å²) in [6, 6.07) is 4.37. The molecule has 1 amide bonds. The summed E-state index contributed by atoms with van der Waals surface area (Å²) in [6.45, 7) is 4.94. The van der Waals surface area contributed by atoms with Crippen molar-refractivity contribution in [1.29, 1.82) is 0 Å². The molecule has 8 nitrogen and oxygen atoms in total. The Bertz CT molecular complexity index is 1160. The minimum absolute atomic E-state index is 0.0216. The second kappa shape index (κ2) is 7.23. The van der Waals surface area contributed by atoms with E-state index < -0.39 is 0 Å². The van der Waals surface area contributed by atoms with Crippen LogP contribution in [0, 0.1) is 11.8 Å². The number of ether oxygens (including phenoxy) is 4. The van der Waals surface area contributed by atoms with Crippen molar-refractivity contribution in [3.63, 3.8) is 0 Å². The number of hydrogen-bond acceptors (Lipinski definition) is 6. The monoisotopic (exact) mass is 481 g/mol. The van der Waals surface area contributed by atoms with Crippen LogP contribution in [-0.2, 0) is 24.5 Å². The van der Waals surface area contributed by atoms with Crippen LogP contribution in [0.3, 0.4) is 0 Å². The van der Waals surface area contributed by atoms with Gasteiger partial charge in [0, 0.05) is 24.8 Å². The van der Waals surface area contributed by atoms with Gasteiger partial charge < -0.3 is 28.3 Å². The van der Waals surface area contributed by atoms with Gasteiger partial charge in [0.25, 0.3) is 0 Å². The molecule has 8 heteroatoms. The predicted molar refractivity (Wildman–Crippen MR) is 126 cm³/mol. The van der Waals surface area contributed by atoms with Gasteiger partial charge in [-0.15, -0.1) is 0 Å².